The highest BCUT2D eigenvalue weighted by molar-refractivity contribution is 7.25. The van der Waals surface area contributed by atoms with Crippen LogP contribution in [0.3, 0.4) is 0 Å². The second-order valence-electron chi connectivity index (χ2n) is 9.63. The summed E-state index contributed by atoms with van der Waals surface area (Å²) < 4.78 is 66.4. The number of hydrogen-bond acceptors (Lipinski definition) is 1. The van der Waals surface area contributed by atoms with Gasteiger partial charge in [-0.15, -0.1) is 11.3 Å². The molecule has 0 aliphatic heterocycles. The summed E-state index contributed by atoms with van der Waals surface area (Å²) in [5, 5.41) is 4.56. The second-order valence-corrected chi connectivity index (χ2v) is 10.7. The van der Waals surface area contributed by atoms with E-state index in [4.69, 9.17) is 6.85 Å². The zero-order chi connectivity index (χ0) is 31.6. The van der Waals surface area contributed by atoms with Crippen molar-refractivity contribution in [2.75, 3.05) is 0 Å². The zero-order valence-electron chi connectivity index (χ0n) is 27.5. The van der Waals surface area contributed by atoms with Crippen molar-refractivity contribution in [1.29, 1.82) is 0 Å². The van der Waals surface area contributed by atoms with Gasteiger partial charge in [-0.2, -0.15) is 0 Å². The van der Waals surface area contributed by atoms with Crippen LogP contribution in [0.5, 0.6) is 0 Å². The summed E-state index contributed by atoms with van der Waals surface area (Å²) in [5.41, 5.74) is 4.82. The molecule has 0 aliphatic rings. The molecule has 9 aromatic rings. The van der Waals surface area contributed by atoms with E-state index in [2.05, 4.69) is 34.9 Å². The van der Waals surface area contributed by atoms with Gasteiger partial charge in [0.05, 0.1) is 31.7 Å². The van der Waals surface area contributed by atoms with Crippen LogP contribution in [0, 0.1) is 0 Å². The highest BCUT2D eigenvalue weighted by Crippen LogP contribution is 2.43. The third-order valence-corrected chi connectivity index (χ3v) is 8.60. The number of hydrogen-bond donors (Lipinski definition) is 0. The van der Waals surface area contributed by atoms with Gasteiger partial charge in [-0.1, -0.05) is 78.8 Å². The molecule has 182 valence electrons. The van der Waals surface area contributed by atoms with Crippen molar-refractivity contribution < 1.29 is 9.60 Å². The fourth-order valence-corrected chi connectivity index (χ4v) is 6.92. The summed E-state index contributed by atoms with van der Waals surface area (Å²) in [6.45, 7) is 0. The van der Waals surface area contributed by atoms with E-state index in [1.165, 1.54) is 0 Å². The third-order valence-electron chi connectivity index (χ3n) is 7.58. The maximum absolute atomic E-state index is 9.55. The van der Waals surface area contributed by atoms with Gasteiger partial charge in [0.15, 0.2) is 0 Å². The average molecular weight is 522 g/mol. The number of rotatable bonds is 2. The Bertz CT molecular complexity index is 2780. The minimum absolute atomic E-state index is 0.0429. The van der Waals surface area contributed by atoms with Gasteiger partial charge >= 0.3 is 0 Å². The van der Waals surface area contributed by atoms with E-state index >= 15 is 0 Å². The minimum Gasteiger partial charge on any atom is -0.309 e. The molecule has 0 atom stereocenters. The fraction of sp³-hybridized carbons (Fsp3) is 0. The van der Waals surface area contributed by atoms with Crippen LogP contribution in [0.25, 0.3) is 75.2 Å². The van der Waals surface area contributed by atoms with E-state index in [0.29, 0.717) is 4.70 Å². The van der Waals surface area contributed by atoms with E-state index in [1.54, 1.807) is 0 Å². The van der Waals surface area contributed by atoms with Crippen molar-refractivity contribution in [1.82, 2.24) is 9.13 Å². The van der Waals surface area contributed by atoms with Crippen LogP contribution in [0.4, 0.5) is 0 Å². The van der Waals surface area contributed by atoms with Crippen LogP contribution in [0.15, 0.2) is 133 Å². The lowest BCUT2D eigenvalue weighted by Crippen LogP contribution is -1.95. The van der Waals surface area contributed by atoms with Gasteiger partial charge in [-0.3, -0.25) is 0 Å². The van der Waals surface area contributed by atoms with E-state index < -0.39 is 0 Å². The molecule has 3 heteroatoms. The first-order chi connectivity index (χ1) is 22.3. The Balaban J connectivity index is 1.51. The monoisotopic (exact) mass is 521 g/mol. The average Bonchev–Trinajstić information content (AvgIpc) is 3.75. The topological polar surface area (TPSA) is 9.86 Å². The lowest BCUT2D eigenvalue weighted by Gasteiger charge is -2.10. The zero-order valence-corrected chi connectivity index (χ0v) is 21.3. The minimum atomic E-state index is -0.382. The summed E-state index contributed by atoms with van der Waals surface area (Å²) >= 11 is 1.05. The Kier molecular flexibility index (Phi) is 3.12. The quantitative estimate of drug-likeness (QED) is 0.214. The van der Waals surface area contributed by atoms with Crippen molar-refractivity contribution in [3.05, 3.63) is 133 Å². The molecule has 0 aliphatic carbocycles. The molecule has 0 fully saturated rings. The fourth-order valence-electron chi connectivity index (χ4n) is 6.00. The highest BCUT2D eigenvalue weighted by Gasteiger charge is 2.20. The molecule has 39 heavy (non-hydrogen) atoms. The maximum Gasteiger partial charge on any atom is 0.0652 e. The van der Waals surface area contributed by atoms with Crippen LogP contribution in [0.2, 0.25) is 0 Å². The molecule has 6 aromatic carbocycles. The van der Waals surface area contributed by atoms with Crippen molar-refractivity contribution >= 4 is 75.1 Å². The molecule has 0 N–H and O–H groups in total. The maximum atomic E-state index is 9.55. The number of benzene rings is 6. The largest absolute Gasteiger partial charge is 0.309 e. The SMILES string of the molecule is [2H]c1c([2H])c([2H])c2c(sc3c([2H])c([2H])c(-n4c5ccccc5c5c4ccc4c6ccccc6n(-c6ccccc6)c45)c([2H])c32)c1[2H]. The van der Waals surface area contributed by atoms with Crippen LogP contribution in [0.1, 0.15) is 9.60 Å². The molecule has 0 unspecified atom stereocenters. The van der Waals surface area contributed by atoms with Gasteiger partial charge in [0.25, 0.3) is 0 Å². The smallest absolute Gasteiger partial charge is 0.0652 e. The normalized spacial score (nSPS) is 14.6. The molecule has 0 bridgehead atoms. The van der Waals surface area contributed by atoms with Gasteiger partial charge in [-0.05, 0) is 54.5 Å². The van der Waals surface area contributed by atoms with Gasteiger partial charge < -0.3 is 9.13 Å². The molecule has 3 aromatic heterocycles. The number of thiophene rings is 1. The Labute approximate surface area is 238 Å². The predicted octanol–water partition coefficient (Wildman–Crippen LogP) is 10.2. The van der Waals surface area contributed by atoms with E-state index in [0.717, 1.165) is 60.6 Å². The highest BCUT2D eigenvalue weighted by atomic mass is 32.1. The van der Waals surface area contributed by atoms with Gasteiger partial charge in [0.2, 0.25) is 0 Å². The van der Waals surface area contributed by atoms with Gasteiger partial charge in [0, 0.05) is 53.1 Å². The van der Waals surface area contributed by atoms with Crippen molar-refractivity contribution in [3.63, 3.8) is 0 Å². The summed E-state index contributed by atoms with van der Waals surface area (Å²) in [4.78, 5) is 0. The molecule has 9 rings (SSSR count). The predicted molar refractivity (Wildman–Crippen MR) is 168 cm³/mol. The molecule has 2 nitrogen and oxygen atoms in total. The molecule has 0 amide bonds. The lowest BCUT2D eigenvalue weighted by atomic mass is 10.1. The molecular weight excluding hydrogens is 492 g/mol. The Morgan fingerprint density at radius 2 is 1.21 bits per heavy atom. The van der Waals surface area contributed by atoms with Gasteiger partial charge in [0.1, 0.15) is 0 Å². The number of aromatic nitrogens is 2. The number of nitrogens with zero attached hydrogens (tertiary/aromatic N) is 2. The summed E-state index contributed by atoms with van der Waals surface area (Å²) in [7, 11) is 0. The first-order valence-electron chi connectivity index (χ1n) is 16.2. The van der Waals surface area contributed by atoms with Crippen LogP contribution in [-0.4, -0.2) is 9.13 Å². The van der Waals surface area contributed by atoms with Crippen molar-refractivity contribution in [2.24, 2.45) is 0 Å². The summed E-state index contributed by atoms with van der Waals surface area (Å²) in [5.74, 6) is 0. The molecule has 0 saturated carbocycles. The van der Waals surface area contributed by atoms with E-state index in [9.17, 15) is 2.74 Å². The lowest BCUT2D eigenvalue weighted by molar-refractivity contribution is 1.18. The third kappa shape index (κ3) is 2.85. The van der Waals surface area contributed by atoms with Crippen LogP contribution >= 0.6 is 11.3 Å². The number of fused-ring (bicyclic) bond motifs is 10. The number of para-hydroxylation sites is 3. The Hall–Kier alpha value is -4.86. The Morgan fingerprint density at radius 1 is 0.487 bits per heavy atom. The molecule has 0 spiro atoms. The summed E-state index contributed by atoms with van der Waals surface area (Å²) in [6, 6.07) is 29.0. The van der Waals surface area contributed by atoms with Crippen LogP contribution in [-0.2, 0) is 0 Å². The standard InChI is InChI=1S/C36H22N2S/c1-2-10-23(11-3-1)38-30-15-7-4-12-25(30)27-19-20-32-35(36(27)38)28-14-5-8-16-31(28)37(32)24-18-21-34-29(22-24)26-13-6-9-17-33(26)39-34/h1-22H/i6D,9D,13D,17D,18D,21D,22D. The Morgan fingerprint density at radius 3 is 2.08 bits per heavy atom. The van der Waals surface area contributed by atoms with Crippen molar-refractivity contribution in [2.45, 2.75) is 0 Å². The van der Waals surface area contributed by atoms with Crippen molar-refractivity contribution in [3.8, 4) is 11.4 Å². The summed E-state index contributed by atoms with van der Waals surface area (Å²) in [6.07, 6.45) is 0. The molecule has 0 saturated heterocycles. The first-order valence-corrected chi connectivity index (χ1v) is 13.5. The second kappa shape index (κ2) is 7.83. The van der Waals surface area contributed by atoms with Crippen LogP contribution < -0.4 is 0 Å². The molecular formula is C36H22N2S. The van der Waals surface area contributed by atoms with Gasteiger partial charge in [-0.25, -0.2) is 0 Å². The molecule has 3 heterocycles. The van der Waals surface area contributed by atoms with E-state index in [-0.39, 0.29) is 63.5 Å². The van der Waals surface area contributed by atoms with E-state index in [1.807, 2.05) is 65.2 Å². The first kappa shape index (κ1) is 15.5. The molecule has 0 radical (unpaired) electrons.